The van der Waals surface area contributed by atoms with Crippen molar-refractivity contribution in [3.63, 3.8) is 0 Å². The zero-order chi connectivity index (χ0) is 13.0. The Bertz CT molecular complexity index is 438. The van der Waals surface area contributed by atoms with Crippen LogP contribution in [0.2, 0.25) is 5.02 Å². The normalized spacial score (nSPS) is 18.9. The first kappa shape index (κ1) is 13.6. The molecule has 1 amide bonds. The first-order valence-electron chi connectivity index (χ1n) is 5.67. The van der Waals surface area contributed by atoms with E-state index in [0.717, 1.165) is 19.4 Å². The first-order valence-corrected chi connectivity index (χ1v) is 7.27. The smallest absolute Gasteiger partial charge is 0.271 e. The van der Waals surface area contributed by atoms with E-state index in [2.05, 4.69) is 15.3 Å². The van der Waals surface area contributed by atoms with Crippen LogP contribution in [0.25, 0.3) is 0 Å². The molecule has 1 atom stereocenters. The molecule has 1 aromatic rings. The van der Waals surface area contributed by atoms with Crippen molar-refractivity contribution in [3.8, 4) is 0 Å². The molecule has 1 saturated heterocycles. The Kier molecular flexibility index (Phi) is 4.79. The van der Waals surface area contributed by atoms with E-state index in [1.54, 1.807) is 0 Å². The van der Waals surface area contributed by atoms with Gasteiger partial charge in [-0.1, -0.05) is 23.4 Å². The third kappa shape index (κ3) is 3.34. The number of aromatic nitrogens is 2. The maximum atomic E-state index is 11.9. The van der Waals surface area contributed by atoms with Crippen molar-refractivity contribution in [3.05, 3.63) is 16.9 Å². The summed E-state index contributed by atoms with van der Waals surface area (Å²) in [5.74, 6) is -0.284. The molecule has 0 aromatic carbocycles. The van der Waals surface area contributed by atoms with Gasteiger partial charge in [-0.05, 0) is 19.1 Å². The molecule has 5 nitrogen and oxygen atoms in total. The Morgan fingerprint density at radius 3 is 3.22 bits per heavy atom. The molecule has 1 aliphatic rings. The topological polar surface area (TPSA) is 64.1 Å². The molecule has 0 bridgehead atoms. The molecule has 1 aromatic heterocycles. The van der Waals surface area contributed by atoms with Crippen molar-refractivity contribution in [1.82, 2.24) is 15.3 Å². The second-order valence-corrected chi connectivity index (χ2v) is 5.08. The zero-order valence-electron chi connectivity index (χ0n) is 9.98. The number of amides is 1. The van der Waals surface area contributed by atoms with Gasteiger partial charge in [0, 0.05) is 13.2 Å². The van der Waals surface area contributed by atoms with E-state index in [4.69, 9.17) is 16.3 Å². The molecule has 18 heavy (non-hydrogen) atoms. The van der Waals surface area contributed by atoms with Gasteiger partial charge < -0.3 is 10.1 Å². The Morgan fingerprint density at radius 2 is 2.56 bits per heavy atom. The quantitative estimate of drug-likeness (QED) is 0.675. The van der Waals surface area contributed by atoms with E-state index in [9.17, 15) is 4.79 Å². The van der Waals surface area contributed by atoms with Crippen LogP contribution in [0.3, 0.4) is 0 Å². The standard InChI is InChI=1S/C11H14ClN3O2S/c1-18-11-14-6-8(12)9(15-11)10(16)13-5-7-3-2-4-17-7/h6-7H,2-5H2,1H3,(H,13,16). The number of ether oxygens (including phenoxy) is 1. The van der Waals surface area contributed by atoms with Crippen molar-refractivity contribution >= 4 is 29.3 Å². The predicted octanol–water partition coefficient (Wildman–Crippen LogP) is 1.76. The van der Waals surface area contributed by atoms with Gasteiger partial charge >= 0.3 is 0 Å². The minimum atomic E-state index is -0.284. The summed E-state index contributed by atoms with van der Waals surface area (Å²) < 4.78 is 5.43. The highest BCUT2D eigenvalue weighted by Crippen LogP contribution is 2.16. The number of hydrogen-bond donors (Lipinski definition) is 1. The van der Waals surface area contributed by atoms with E-state index >= 15 is 0 Å². The third-order valence-corrected chi connectivity index (χ3v) is 3.47. The lowest BCUT2D eigenvalue weighted by Crippen LogP contribution is -2.32. The lowest BCUT2D eigenvalue weighted by atomic mass is 10.2. The first-order chi connectivity index (χ1) is 8.70. The molecule has 0 radical (unpaired) electrons. The summed E-state index contributed by atoms with van der Waals surface area (Å²) in [5.41, 5.74) is 0.217. The highest BCUT2D eigenvalue weighted by atomic mass is 35.5. The van der Waals surface area contributed by atoms with Crippen LogP contribution in [-0.4, -0.2) is 41.4 Å². The fraction of sp³-hybridized carbons (Fsp3) is 0.545. The summed E-state index contributed by atoms with van der Waals surface area (Å²) >= 11 is 7.28. The number of carbonyl (C=O) groups excluding carboxylic acids is 1. The average molecular weight is 288 g/mol. The van der Waals surface area contributed by atoms with Gasteiger partial charge in [0.2, 0.25) is 0 Å². The number of hydrogen-bond acceptors (Lipinski definition) is 5. The van der Waals surface area contributed by atoms with Gasteiger partial charge in [-0.3, -0.25) is 4.79 Å². The molecule has 7 heteroatoms. The van der Waals surface area contributed by atoms with Crippen LogP contribution in [0.15, 0.2) is 11.4 Å². The van der Waals surface area contributed by atoms with Gasteiger partial charge in [-0.15, -0.1) is 0 Å². The van der Waals surface area contributed by atoms with Gasteiger partial charge in [-0.25, -0.2) is 9.97 Å². The summed E-state index contributed by atoms with van der Waals surface area (Å²) in [6.45, 7) is 1.26. The molecule has 2 heterocycles. The lowest BCUT2D eigenvalue weighted by molar-refractivity contribution is 0.0853. The second-order valence-electron chi connectivity index (χ2n) is 3.90. The fourth-order valence-electron chi connectivity index (χ4n) is 1.70. The molecular weight excluding hydrogens is 274 g/mol. The Balaban J connectivity index is 1.98. The van der Waals surface area contributed by atoms with Gasteiger partial charge in [0.05, 0.1) is 17.3 Å². The summed E-state index contributed by atoms with van der Waals surface area (Å²) in [5, 5.41) is 3.58. The van der Waals surface area contributed by atoms with Gasteiger partial charge in [0.25, 0.3) is 5.91 Å². The molecule has 1 N–H and O–H groups in total. The fourth-order valence-corrected chi connectivity index (χ4v) is 2.22. The van der Waals surface area contributed by atoms with Crippen LogP contribution in [0.5, 0.6) is 0 Å². The summed E-state index contributed by atoms with van der Waals surface area (Å²) in [6, 6.07) is 0. The average Bonchev–Trinajstić information content (AvgIpc) is 2.89. The molecule has 0 aliphatic carbocycles. The number of nitrogens with one attached hydrogen (secondary N) is 1. The van der Waals surface area contributed by atoms with Gasteiger partial charge in [-0.2, -0.15) is 0 Å². The number of rotatable bonds is 4. The van der Waals surface area contributed by atoms with E-state index in [0.29, 0.717) is 11.7 Å². The SMILES string of the molecule is CSc1ncc(Cl)c(C(=O)NCC2CCCO2)n1. The van der Waals surface area contributed by atoms with Crippen molar-refractivity contribution in [1.29, 1.82) is 0 Å². The van der Waals surface area contributed by atoms with Gasteiger partial charge in [0.1, 0.15) is 0 Å². The van der Waals surface area contributed by atoms with Crippen LogP contribution in [0, 0.1) is 0 Å². The Labute approximate surface area is 115 Å². The van der Waals surface area contributed by atoms with Crippen LogP contribution in [0.4, 0.5) is 0 Å². The van der Waals surface area contributed by atoms with Crippen LogP contribution >= 0.6 is 23.4 Å². The lowest BCUT2D eigenvalue weighted by Gasteiger charge is -2.11. The van der Waals surface area contributed by atoms with Crippen molar-refractivity contribution in [2.24, 2.45) is 0 Å². The molecule has 2 rings (SSSR count). The third-order valence-electron chi connectivity index (χ3n) is 2.63. The maximum absolute atomic E-state index is 11.9. The summed E-state index contributed by atoms with van der Waals surface area (Å²) in [7, 11) is 0. The van der Waals surface area contributed by atoms with E-state index in [-0.39, 0.29) is 22.7 Å². The molecule has 0 spiro atoms. The van der Waals surface area contributed by atoms with Crippen molar-refractivity contribution in [2.45, 2.75) is 24.1 Å². The van der Waals surface area contributed by atoms with Crippen molar-refractivity contribution in [2.75, 3.05) is 19.4 Å². The van der Waals surface area contributed by atoms with Crippen LogP contribution in [0.1, 0.15) is 23.3 Å². The molecular formula is C11H14ClN3O2S. The number of thioether (sulfide) groups is 1. The minimum absolute atomic E-state index is 0.106. The van der Waals surface area contributed by atoms with E-state index < -0.39 is 0 Å². The molecule has 1 aliphatic heterocycles. The van der Waals surface area contributed by atoms with E-state index in [1.165, 1.54) is 18.0 Å². The predicted molar refractivity (Wildman–Crippen MR) is 70.1 cm³/mol. The van der Waals surface area contributed by atoms with Gasteiger partial charge in [0.15, 0.2) is 10.9 Å². The largest absolute Gasteiger partial charge is 0.376 e. The zero-order valence-corrected chi connectivity index (χ0v) is 11.6. The minimum Gasteiger partial charge on any atom is -0.376 e. The Morgan fingerprint density at radius 1 is 1.72 bits per heavy atom. The molecule has 1 unspecified atom stereocenters. The molecule has 98 valence electrons. The van der Waals surface area contributed by atoms with Crippen LogP contribution < -0.4 is 5.32 Å². The monoisotopic (exact) mass is 287 g/mol. The highest BCUT2D eigenvalue weighted by Gasteiger charge is 2.19. The number of nitrogens with zero attached hydrogens (tertiary/aromatic N) is 2. The second kappa shape index (κ2) is 6.36. The van der Waals surface area contributed by atoms with E-state index in [1.807, 2.05) is 6.26 Å². The highest BCUT2D eigenvalue weighted by molar-refractivity contribution is 7.98. The molecule has 0 saturated carbocycles. The summed E-state index contributed by atoms with van der Waals surface area (Å²) in [6.07, 6.45) is 5.42. The van der Waals surface area contributed by atoms with Crippen LogP contribution in [-0.2, 0) is 4.74 Å². The number of halogens is 1. The number of carbonyl (C=O) groups is 1. The Hall–Kier alpha value is -0.850. The maximum Gasteiger partial charge on any atom is 0.271 e. The summed E-state index contributed by atoms with van der Waals surface area (Å²) in [4.78, 5) is 20.0. The molecule has 1 fully saturated rings. The van der Waals surface area contributed by atoms with Crippen molar-refractivity contribution < 1.29 is 9.53 Å².